The van der Waals surface area contributed by atoms with Crippen molar-refractivity contribution < 1.29 is 17.9 Å². The Labute approximate surface area is 167 Å². The van der Waals surface area contributed by atoms with Gasteiger partial charge in [0, 0.05) is 33.2 Å². The van der Waals surface area contributed by atoms with Gasteiger partial charge >= 0.3 is 6.03 Å². The van der Waals surface area contributed by atoms with Gasteiger partial charge in [0.25, 0.3) is 0 Å². The molecule has 2 saturated heterocycles. The fraction of sp³-hybridized carbons (Fsp3) is 0.632. The summed E-state index contributed by atoms with van der Waals surface area (Å²) in [5.74, 6) is 0.430. The lowest BCUT2D eigenvalue weighted by Gasteiger charge is -2.37. The molecule has 3 rings (SSSR count). The maximum atomic E-state index is 12.9. The van der Waals surface area contributed by atoms with E-state index in [0.29, 0.717) is 30.6 Å². The number of methoxy groups -OCH3 is 1. The molecular weight excluding hydrogens is 380 g/mol. The van der Waals surface area contributed by atoms with Crippen LogP contribution in [0.2, 0.25) is 0 Å². The van der Waals surface area contributed by atoms with E-state index in [2.05, 4.69) is 10.2 Å². The van der Waals surface area contributed by atoms with Crippen LogP contribution in [0.25, 0.3) is 0 Å². The second-order valence-electron chi connectivity index (χ2n) is 7.56. The lowest BCUT2D eigenvalue weighted by Crippen LogP contribution is -2.50. The van der Waals surface area contributed by atoms with Gasteiger partial charge in [-0.25, -0.2) is 17.5 Å². The van der Waals surface area contributed by atoms with Crippen molar-refractivity contribution in [3.63, 3.8) is 0 Å². The maximum absolute atomic E-state index is 12.9. The first-order valence-electron chi connectivity index (χ1n) is 9.73. The molecule has 0 aromatic heterocycles. The third-order valence-corrected chi connectivity index (χ3v) is 7.34. The van der Waals surface area contributed by atoms with Crippen LogP contribution in [0.1, 0.15) is 25.7 Å². The molecule has 1 aromatic rings. The molecule has 2 amide bonds. The minimum Gasteiger partial charge on any atom is -0.495 e. The molecular formula is C19H30N4O4S. The molecule has 0 radical (unpaired) electrons. The number of benzene rings is 1. The smallest absolute Gasteiger partial charge is 0.322 e. The number of rotatable bonds is 5. The molecule has 0 unspecified atom stereocenters. The number of nitrogens with zero attached hydrogens (tertiary/aromatic N) is 3. The number of carbonyl (C=O) groups excluding carboxylic acids is 1. The zero-order valence-electron chi connectivity index (χ0n) is 16.8. The summed E-state index contributed by atoms with van der Waals surface area (Å²) in [6.07, 6.45) is 4.55. The lowest BCUT2D eigenvalue weighted by atomic mass is 10.0. The predicted octanol–water partition coefficient (Wildman–Crippen LogP) is 2.04. The maximum Gasteiger partial charge on any atom is 0.322 e. The van der Waals surface area contributed by atoms with Crippen molar-refractivity contribution in [2.24, 2.45) is 0 Å². The van der Waals surface area contributed by atoms with Crippen molar-refractivity contribution in [2.75, 3.05) is 52.7 Å². The number of nitrogens with one attached hydrogen (secondary N) is 1. The van der Waals surface area contributed by atoms with Crippen LogP contribution >= 0.6 is 0 Å². The molecule has 1 aromatic carbocycles. The highest BCUT2D eigenvalue weighted by atomic mass is 32.2. The highest BCUT2D eigenvalue weighted by Crippen LogP contribution is 2.29. The minimum absolute atomic E-state index is 0.113. The molecule has 8 nitrogen and oxygen atoms in total. The third kappa shape index (κ3) is 4.42. The van der Waals surface area contributed by atoms with Crippen LogP contribution in [0.5, 0.6) is 5.75 Å². The van der Waals surface area contributed by atoms with Gasteiger partial charge in [0.05, 0.1) is 17.7 Å². The molecule has 0 saturated carbocycles. The van der Waals surface area contributed by atoms with Gasteiger partial charge in [-0.15, -0.1) is 0 Å². The number of sulfonamides is 1. The Kier molecular flexibility index (Phi) is 6.47. The van der Waals surface area contributed by atoms with Gasteiger partial charge in [-0.1, -0.05) is 0 Å². The zero-order chi connectivity index (χ0) is 20.3. The number of likely N-dealkylation sites (tertiary alicyclic amines) is 2. The van der Waals surface area contributed by atoms with Crippen LogP contribution in [-0.4, -0.2) is 82.0 Å². The molecule has 2 heterocycles. The van der Waals surface area contributed by atoms with E-state index in [1.165, 1.54) is 46.2 Å². The monoisotopic (exact) mass is 410 g/mol. The largest absolute Gasteiger partial charge is 0.495 e. The van der Waals surface area contributed by atoms with Crippen molar-refractivity contribution in [1.29, 1.82) is 0 Å². The van der Waals surface area contributed by atoms with Crippen LogP contribution in [0.3, 0.4) is 0 Å². The number of ether oxygens (including phenoxy) is 1. The summed E-state index contributed by atoms with van der Waals surface area (Å²) < 4.78 is 31.3. The Hall–Kier alpha value is -1.84. The summed E-state index contributed by atoms with van der Waals surface area (Å²) in [5, 5.41) is 2.85. The normalized spacial score (nSPS) is 21.1. The molecule has 9 heteroatoms. The lowest BCUT2D eigenvalue weighted by molar-refractivity contribution is 0.131. The van der Waals surface area contributed by atoms with Crippen molar-refractivity contribution in [3.8, 4) is 5.75 Å². The Morgan fingerprint density at radius 2 is 1.89 bits per heavy atom. The minimum atomic E-state index is -3.60. The molecule has 28 heavy (non-hydrogen) atoms. The van der Waals surface area contributed by atoms with Crippen LogP contribution < -0.4 is 10.1 Å². The van der Waals surface area contributed by atoms with E-state index in [1.54, 1.807) is 6.07 Å². The van der Waals surface area contributed by atoms with Crippen LogP contribution in [-0.2, 0) is 10.0 Å². The Morgan fingerprint density at radius 3 is 2.54 bits per heavy atom. The number of hydrogen-bond acceptors (Lipinski definition) is 5. The molecule has 2 aliphatic heterocycles. The number of piperidine rings is 1. The molecule has 2 fully saturated rings. The third-order valence-electron chi connectivity index (χ3n) is 5.53. The summed E-state index contributed by atoms with van der Waals surface area (Å²) in [6, 6.07) is 4.68. The summed E-state index contributed by atoms with van der Waals surface area (Å²) in [5.41, 5.74) is 0.360. The number of amides is 2. The average molecular weight is 411 g/mol. The molecule has 0 aliphatic carbocycles. The van der Waals surface area contributed by atoms with E-state index >= 15 is 0 Å². The fourth-order valence-corrected chi connectivity index (χ4v) is 4.82. The number of urea groups is 1. The first-order chi connectivity index (χ1) is 13.3. The second-order valence-corrected chi connectivity index (χ2v) is 9.72. The molecule has 1 N–H and O–H groups in total. The second kappa shape index (κ2) is 8.67. The van der Waals surface area contributed by atoms with Crippen LogP contribution in [0, 0.1) is 0 Å². The SMILES string of the molecule is COc1ccc(S(=O)(=O)N(C)C)cc1NC(=O)N1CCC[C@H](N2CCCC2)C1. The van der Waals surface area contributed by atoms with Crippen LogP contribution in [0.15, 0.2) is 23.1 Å². The van der Waals surface area contributed by atoms with E-state index in [0.717, 1.165) is 30.2 Å². The highest BCUT2D eigenvalue weighted by Gasteiger charge is 2.30. The predicted molar refractivity (Wildman–Crippen MR) is 108 cm³/mol. The molecule has 1 atom stereocenters. The molecule has 0 spiro atoms. The van der Waals surface area contributed by atoms with E-state index in [-0.39, 0.29) is 10.9 Å². The highest BCUT2D eigenvalue weighted by molar-refractivity contribution is 7.89. The summed E-state index contributed by atoms with van der Waals surface area (Å²) in [6.45, 7) is 3.62. The average Bonchev–Trinajstić information content (AvgIpc) is 3.22. The summed E-state index contributed by atoms with van der Waals surface area (Å²) in [7, 11) is 0.849. The van der Waals surface area contributed by atoms with Crippen molar-refractivity contribution >= 4 is 21.7 Å². The van der Waals surface area contributed by atoms with E-state index in [9.17, 15) is 13.2 Å². The van der Waals surface area contributed by atoms with Gasteiger partial charge in [0.15, 0.2) is 0 Å². The van der Waals surface area contributed by atoms with Gasteiger partial charge in [0.1, 0.15) is 5.75 Å². The van der Waals surface area contributed by atoms with E-state index < -0.39 is 10.0 Å². The van der Waals surface area contributed by atoms with Gasteiger partial charge in [-0.3, -0.25) is 4.90 Å². The van der Waals surface area contributed by atoms with Crippen molar-refractivity contribution in [3.05, 3.63) is 18.2 Å². The standard InChI is InChI=1S/C19H30N4O4S/c1-21(2)28(25,26)16-8-9-18(27-3)17(13-16)20-19(24)23-12-6-7-15(14-23)22-10-4-5-11-22/h8-9,13,15H,4-7,10-12,14H2,1-3H3,(H,20,24)/t15-/m0/s1. The number of carbonyl (C=O) groups is 1. The molecule has 0 bridgehead atoms. The summed E-state index contributed by atoms with van der Waals surface area (Å²) in [4.78, 5) is 17.3. The topological polar surface area (TPSA) is 82.2 Å². The molecule has 2 aliphatic rings. The van der Waals surface area contributed by atoms with E-state index in [1.807, 2.05) is 4.90 Å². The Balaban J connectivity index is 1.75. The number of anilines is 1. The van der Waals surface area contributed by atoms with Crippen molar-refractivity contribution in [1.82, 2.24) is 14.1 Å². The fourth-order valence-electron chi connectivity index (χ4n) is 3.89. The first-order valence-corrected chi connectivity index (χ1v) is 11.2. The van der Waals surface area contributed by atoms with Gasteiger partial charge in [-0.05, 0) is 57.0 Å². The Bertz CT molecular complexity index is 806. The number of hydrogen-bond donors (Lipinski definition) is 1. The van der Waals surface area contributed by atoms with Crippen molar-refractivity contribution in [2.45, 2.75) is 36.6 Å². The zero-order valence-corrected chi connectivity index (χ0v) is 17.7. The molecule has 156 valence electrons. The van der Waals surface area contributed by atoms with E-state index in [4.69, 9.17) is 4.74 Å². The van der Waals surface area contributed by atoms with Gasteiger partial charge in [-0.2, -0.15) is 0 Å². The van der Waals surface area contributed by atoms with Crippen LogP contribution in [0.4, 0.5) is 10.5 Å². The Morgan fingerprint density at radius 1 is 1.18 bits per heavy atom. The van der Waals surface area contributed by atoms with Gasteiger partial charge in [0.2, 0.25) is 10.0 Å². The summed E-state index contributed by atoms with van der Waals surface area (Å²) >= 11 is 0. The van der Waals surface area contributed by atoms with Gasteiger partial charge < -0.3 is 15.0 Å². The quantitative estimate of drug-likeness (QED) is 0.803. The first kappa shape index (κ1) is 20.9.